The van der Waals surface area contributed by atoms with Crippen molar-refractivity contribution in [3.8, 4) is 0 Å². The zero-order valence-corrected chi connectivity index (χ0v) is 11.2. The molecule has 0 radical (unpaired) electrons. The Kier molecular flexibility index (Phi) is 2.69. The molecule has 4 rings (SSSR count). The number of nitrogens with one attached hydrogen (secondary N) is 1. The van der Waals surface area contributed by atoms with Crippen molar-refractivity contribution in [2.24, 2.45) is 0 Å². The topological polar surface area (TPSA) is 38.1 Å². The summed E-state index contributed by atoms with van der Waals surface area (Å²) in [6.45, 7) is 0. The summed E-state index contributed by atoms with van der Waals surface area (Å²) < 4.78 is 5.74. The van der Waals surface area contributed by atoms with Crippen LogP contribution in [0.15, 0.2) is 52.9 Å². The van der Waals surface area contributed by atoms with Crippen LogP contribution in [0, 0.1) is 0 Å². The molecule has 0 unspecified atom stereocenters. The standard InChI is InChI=1S/C17H16N2O/c1-2-6-13-11-14(10-9-12(13)5-1)18-17-19-15-7-3-4-8-16(15)20-17/h1-8,14H,9-11H2,(H,18,19)/t14-/m0/s1. The lowest BCUT2D eigenvalue weighted by atomic mass is 9.88. The molecular weight excluding hydrogens is 248 g/mol. The van der Waals surface area contributed by atoms with E-state index >= 15 is 0 Å². The number of aryl methyl sites for hydroxylation is 1. The highest BCUT2D eigenvalue weighted by Crippen LogP contribution is 2.25. The van der Waals surface area contributed by atoms with Gasteiger partial charge in [0.25, 0.3) is 6.01 Å². The molecule has 1 heterocycles. The van der Waals surface area contributed by atoms with Gasteiger partial charge in [0.2, 0.25) is 0 Å². The molecule has 0 bridgehead atoms. The molecule has 2 aromatic carbocycles. The Morgan fingerprint density at radius 3 is 2.70 bits per heavy atom. The van der Waals surface area contributed by atoms with Gasteiger partial charge in [-0.05, 0) is 42.5 Å². The van der Waals surface area contributed by atoms with Crippen molar-refractivity contribution in [3.05, 3.63) is 59.7 Å². The minimum Gasteiger partial charge on any atom is -0.424 e. The van der Waals surface area contributed by atoms with Crippen LogP contribution in [0.3, 0.4) is 0 Å². The van der Waals surface area contributed by atoms with Crippen molar-refractivity contribution in [2.45, 2.75) is 25.3 Å². The number of benzene rings is 2. The third-order valence-corrected chi connectivity index (χ3v) is 3.97. The maximum absolute atomic E-state index is 5.74. The largest absolute Gasteiger partial charge is 0.424 e. The average Bonchev–Trinajstić information content (AvgIpc) is 2.89. The van der Waals surface area contributed by atoms with Crippen molar-refractivity contribution < 1.29 is 4.42 Å². The summed E-state index contributed by atoms with van der Waals surface area (Å²) in [6, 6.07) is 17.6. The molecule has 3 aromatic rings. The van der Waals surface area contributed by atoms with E-state index in [-0.39, 0.29) is 0 Å². The van der Waals surface area contributed by atoms with Gasteiger partial charge < -0.3 is 9.73 Å². The van der Waals surface area contributed by atoms with Crippen molar-refractivity contribution >= 4 is 17.1 Å². The highest BCUT2D eigenvalue weighted by Gasteiger charge is 2.19. The lowest BCUT2D eigenvalue weighted by molar-refractivity contribution is 0.557. The molecule has 100 valence electrons. The van der Waals surface area contributed by atoms with E-state index in [1.807, 2.05) is 24.3 Å². The van der Waals surface area contributed by atoms with Crippen LogP contribution in [0.2, 0.25) is 0 Å². The Labute approximate surface area is 117 Å². The Bertz CT molecular complexity index is 714. The molecule has 0 saturated heterocycles. The molecule has 0 amide bonds. The van der Waals surface area contributed by atoms with Crippen molar-refractivity contribution in [3.63, 3.8) is 0 Å². The van der Waals surface area contributed by atoms with E-state index < -0.39 is 0 Å². The molecule has 1 N–H and O–H groups in total. The molecule has 0 spiro atoms. The number of hydrogen-bond donors (Lipinski definition) is 1. The fourth-order valence-corrected chi connectivity index (χ4v) is 2.93. The van der Waals surface area contributed by atoms with Gasteiger partial charge in [-0.1, -0.05) is 36.4 Å². The van der Waals surface area contributed by atoms with Crippen LogP contribution in [0.4, 0.5) is 6.01 Å². The lowest BCUT2D eigenvalue weighted by Gasteiger charge is -2.24. The van der Waals surface area contributed by atoms with Gasteiger partial charge in [-0.25, -0.2) is 0 Å². The first-order valence-electron chi connectivity index (χ1n) is 7.07. The van der Waals surface area contributed by atoms with E-state index in [0.717, 1.165) is 30.4 Å². The predicted molar refractivity (Wildman–Crippen MR) is 79.9 cm³/mol. The van der Waals surface area contributed by atoms with E-state index in [2.05, 4.69) is 34.6 Å². The Morgan fingerprint density at radius 1 is 1.00 bits per heavy atom. The number of anilines is 1. The second-order valence-corrected chi connectivity index (χ2v) is 5.34. The van der Waals surface area contributed by atoms with E-state index in [4.69, 9.17) is 4.42 Å². The molecule has 3 heteroatoms. The summed E-state index contributed by atoms with van der Waals surface area (Å²) in [6.07, 6.45) is 3.28. The maximum atomic E-state index is 5.74. The summed E-state index contributed by atoms with van der Waals surface area (Å²) >= 11 is 0. The van der Waals surface area contributed by atoms with Gasteiger partial charge in [-0.15, -0.1) is 0 Å². The molecule has 20 heavy (non-hydrogen) atoms. The predicted octanol–water partition coefficient (Wildman–Crippen LogP) is 3.80. The molecule has 1 aliphatic carbocycles. The highest BCUT2D eigenvalue weighted by molar-refractivity contribution is 5.74. The van der Waals surface area contributed by atoms with Gasteiger partial charge >= 0.3 is 0 Å². The van der Waals surface area contributed by atoms with Crippen LogP contribution in [0.25, 0.3) is 11.1 Å². The third-order valence-electron chi connectivity index (χ3n) is 3.97. The number of fused-ring (bicyclic) bond motifs is 2. The Morgan fingerprint density at radius 2 is 1.80 bits per heavy atom. The molecule has 1 aromatic heterocycles. The third kappa shape index (κ3) is 2.05. The number of rotatable bonds is 2. The number of aromatic nitrogens is 1. The SMILES string of the molecule is c1ccc2c(c1)CC[C@H](Nc1nc3ccccc3o1)C2. The summed E-state index contributed by atoms with van der Waals surface area (Å²) in [7, 11) is 0. The highest BCUT2D eigenvalue weighted by atomic mass is 16.4. The maximum Gasteiger partial charge on any atom is 0.295 e. The van der Waals surface area contributed by atoms with Gasteiger partial charge in [-0.3, -0.25) is 0 Å². The lowest BCUT2D eigenvalue weighted by Crippen LogP contribution is -2.27. The molecule has 0 saturated carbocycles. The fourth-order valence-electron chi connectivity index (χ4n) is 2.93. The van der Waals surface area contributed by atoms with E-state index in [0.29, 0.717) is 12.1 Å². The van der Waals surface area contributed by atoms with E-state index in [1.54, 1.807) is 0 Å². The molecule has 0 fully saturated rings. The number of oxazole rings is 1. The second kappa shape index (κ2) is 4.67. The van der Waals surface area contributed by atoms with Gasteiger partial charge in [0.1, 0.15) is 5.52 Å². The minimum atomic E-state index is 0.401. The van der Waals surface area contributed by atoms with E-state index in [9.17, 15) is 0 Å². The first-order chi connectivity index (χ1) is 9.88. The zero-order chi connectivity index (χ0) is 13.4. The number of nitrogens with zero attached hydrogens (tertiary/aromatic N) is 1. The molecule has 3 nitrogen and oxygen atoms in total. The van der Waals surface area contributed by atoms with Gasteiger partial charge in [-0.2, -0.15) is 4.98 Å². The minimum absolute atomic E-state index is 0.401. The number of para-hydroxylation sites is 2. The van der Waals surface area contributed by atoms with Crippen LogP contribution in [-0.4, -0.2) is 11.0 Å². The summed E-state index contributed by atoms with van der Waals surface area (Å²) in [5, 5.41) is 3.43. The normalized spacial score (nSPS) is 17.9. The van der Waals surface area contributed by atoms with Crippen molar-refractivity contribution in [1.82, 2.24) is 4.98 Å². The molecule has 0 aliphatic heterocycles. The molecule has 1 atom stereocenters. The molecule has 1 aliphatic rings. The summed E-state index contributed by atoms with van der Waals surface area (Å²) in [4.78, 5) is 4.49. The van der Waals surface area contributed by atoms with Crippen molar-refractivity contribution in [2.75, 3.05) is 5.32 Å². The van der Waals surface area contributed by atoms with E-state index in [1.165, 1.54) is 11.1 Å². The van der Waals surface area contributed by atoms with Crippen LogP contribution in [-0.2, 0) is 12.8 Å². The smallest absolute Gasteiger partial charge is 0.295 e. The first kappa shape index (κ1) is 11.5. The quantitative estimate of drug-likeness (QED) is 0.765. The van der Waals surface area contributed by atoms with Crippen LogP contribution >= 0.6 is 0 Å². The monoisotopic (exact) mass is 264 g/mol. The second-order valence-electron chi connectivity index (χ2n) is 5.34. The van der Waals surface area contributed by atoms with Gasteiger partial charge in [0, 0.05) is 6.04 Å². The summed E-state index contributed by atoms with van der Waals surface area (Å²) in [5.74, 6) is 0. The zero-order valence-electron chi connectivity index (χ0n) is 11.2. The fraction of sp³-hybridized carbons (Fsp3) is 0.235. The van der Waals surface area contributed by atoms with Gasteiger partial charge in [0.15, 0.2) is 5.58 Å². The van der Waals surface area contributed by atoms with Crippen molar-refractivity contribution in [1.29, 1.82) is 0 Å². The van der Waals surface area contributed by atoms with Gasteiger partial charge in [0.05, 0.1) is 0 Å². The Balaban J connectivity index is 1.55. The van der Waals surface area contributed by atoms with Crippen LogP contribution in [0.1, 0.15) is 17.5 Å². The first-order valence-corrected chi connectivity index (χ1v) is 7.07. The van der Waals surface area contributed by atoms with Crippen LogP contribution < -0.4 is 5.32 Å². The van der Waals surface area contributed by atoms with Crippen LogP contribution in [0.5, 0.6) is 0 Å². The average molecular weight is 264 g/mol. The number of hydrogen-bond acceptors (Lipinski definition) is 3. The Hall–Kier alpha value is -2.29. The molecular formula is C17H16N2O. The summed E-state index contributed by atoms with van der Waals surface area (Å²) in [5.41, 5.74) is 4.66.